The van der Waals surface area contributed by atoms with Crippen molar-refractivity contribution in [3.8, 4) is 0 Å². The molecule has 1 atom stereocenters. The van der Waals surface area contributed by atoms with Crippen LogP contribution in [0, 0.1) is 0 Å². The van der Waals surface area contributed by atoms with Gasteiger partial charge in [0.05, 0.1) is 6.04 Å². The van der Waals surface area contributed by atoms with Gasteiger partial charge in [-0.2, -0.15) is 0 Å². The maximum Gasteiger partial charge on any atom is 0.0580 e. The summed E-state index contributed by atoms with van der Waals surface area (Å²) >= 11 is 3.48. The molecular weight excluding hydrogens is 312 g/mol. The number of aromatic nitrogens is 1. The van der Waals surface area contributed by atoms with Crippen LogP contribution in [-0.4, -0.2) is 12.0 Å². The van der Waals surface area contributed by atoms with Gasteiger partial charge < -0.3 is 5.32 Å². The predicted molar refractivity (Wildman–Crippen MR) is 86.8 cm³/mol. The van der Waals surface area contributed by atoms with Gasteiger partial charge in [0.25, 0.3) is 0 Å². The number of halogens is 1. The molecule has 2 nitrogen and oxygen atoms in total. The minimum Gasteiger partial charge on any atom is -0.309 e. The molecule has 2 aromatic carbocycles. The summed E-state index contributed by atoms with van der Waals surface area (Å²) in [4.78, 5) is 4.26. The lowest BCUT2D eigenvalue weighted by Gasteiger charge is -2.19. The Morgan fingerprint density at radius 2 is 1.85 bits per heavy atom. The van der Waals surface area contributed by atoms with E-state index in [0.29, 0.717) is 0 Å². The second-order valence-electron chi connectivity index (χ2n) is 4.72. The Morgan fingerprint density at radius 3 is 2.60 bits per heavy atom. The Kier molecular flexibility index (Phi) is 3.81. The number of pyridine rings is 1. The molecule has 1 N–H and O–H groups in total. The van der Waals surface area contributed by atoms with E-state index >= 15 is 0 Å². The molecule has 0 radical (unpaired) electrons. The van der Waals surface area contributed by atoms with Crippen molar-refractivity contribution in [3.05, 3.63) is 76.5 Å². The van der Waals surface area contributed by atoms with Crippen molar-refractivity contribution in [3.63, 3.8) is 0 Å². The molecular formula is C17H15BrN2. The van der Waals surface area contributed by atoms with E-state index < -0.39 is 0 Å². The van der Waals surface area contributed by atoms with E-state index in [1.165, 1.54) is 21.9 Å². The van der Waals surface area contributed by atoms with Gasteiger partial charge >= 0.3 is 0 Å². The fourth-order valence-electron chi connectivity index (χ4n) is 2.55. The number of rotatable bonds is 3. The molecule has 3 aromatic rings. The molecule has 0 saturated heterocycles. The lowest BCUT2D eigenvalue weighted by molar-refractivity contribution is 0.696. The van der Waals surface area contributed by atoms with Crippen LogP contribution in [0.1, 0.15) is 17.2 Å². The summed E-state index contributed by atoms with van der Waals surface area (Å²) in [5.74, 6) is 0. The maximum absolute atomic E-state index is 4.26. The summed E-state index contributed by atoms with van der Waals surface area (Å²) in [5.41, 5.74) is 2.49. The first-order valence-corrected chi connectivity index (χ1v) is 7.34. The van der Waals surface area contributed by atoms with Crippen LogP contribution in [-0.2, 0) is 0 Å². The van der Waals surface area contributed by atoms with Crippen LogP contribution in [0.25, 0.3) is 10.8 Å². The molecule has 0 aliphatic carbocycles. The first-order valence-electron chi connectivity index (χ1n) is 6.55. The Labute approximate surface area is 127 Å². The van der Waals surface area contributed by atoms with Crippen LogP contribution in [0.15, 0.2) is 65.4 Å². The second kappa shape index (κ2) is 5.73. The van der Waals surface area contributed by atoms with Crippen molar-refractivity contribution >= 4 is 26.7 Å². The van der Waals surface area contributed by atoms with E-state index in [1.54, 1.807) is 0 Å². The molecule has 3 rings (SSSR count). The highest BCUT2D eigenvalue weighted by Gasteiger charge is 2.14. The molecule has 1 heterocycles. The molecule has 0 bridgehead atoms. The van der Waals surface area contributed by atoms with E-state index in [9.17, 15) is 0 Å². The van der Waals surface area contributed by atoms with Gasteiger partial charge in [-0.1, -0.05) is 46.3 Å². The summed E-state index contributed by atoms with van der Waals surface area (Å²) in [6, 6.07) is 17.0. The summed E-state index contributed by atoms with van der Waals surface area (Å²) < 4.78 is 1.09. The van der Waals surface area contributed by atoms with Crippen LogP contribution in [0.4, 0.5) is 0 Å². The topological polar surface area (TPSA) is 24.9 Å². The van der Waals surface area contributed by atoms with Crippen LogP contribution < -0.4 is 5.32 Å². The maximum atomic E-state index is 4.26. The van der Waals surface area contributed by atoms with Gasteiger partial charge in [-0.05, 0) is 41.8 Å². The molecule has 0 amide bonds. The number of benzene rings is 2. The highest BCUT2D eigenvalue weighted by Crippen LogP contribution is 2.28. The zero-order valence-electron chi connectivity index (χ0n) is 11.2. The summed E-state index contributed by atoms with van der Waals surface area (Å²) in [5, 5.41) is 5.81. The number of fused-ring (bicyclic) bond motifs is 1. The SMILES string of the molecule is CNC(c1ccc(Br)cc1)c1cccc2ccncc12. The molecule has 3 heteroatoms. The van der Waals surface area contributed by atoms with Crippen LogP contribution >= 0.6 is 15.9 Å². The van der Waals surface area contributed by atoms with Crippen molar-refractivity contribution in [1.29, 1.82) is 0 Å². The Bertz CT molecular complexity index is 717. The van der Waals surface area contributed by atoms with E-state index in [4.69, 9.17) is 0 Å². The minimum absolute atomic E-state index is 0.163. The highest BCUT2D eigenvalue weighted by atomic mass is 79.9. The summed E-state index contributed by atoms with van der Waals surface area (Å²) in [7, 11) is 1.99. The Morgan fingerprint density at radius 1 is 1.05 bits per heavy atom. The molecule has 0 saturated carbocycles. The second-order valence-corrected chi connectivity index (χ2v) is 5.63. The van der Waals surface area contributed by atoms with Crippen molar-refractivity contribution in [2.24, 2.45) is 0 Å². The minimum atomic E-state index is 0.163. The van der Waals surface area contributed by atoms with Crippen LogP contribution in [0.2, 0.25) is 0 Å². The molecule has 1 aromatic heterocycles. The van der Waals surface area contributed by atoms with E-state index in [-0.39, 0.29) is 6.04 Å². The van der Waals surface area contributed by atoms with Gasteiger partial charge in [-0.15, -0.1) is 0 Å². The van der Waals surface area contributed by atoms with Gasteiger partial charge in [0.2, 0.25) is 0 Å². The third-order valence-electron chi connectivity index (χ3n) is 3.52. The molecule has 1 unspecified atom stereocenters. The standard InChI is InChI=1S/C17H15BrN2/c1-19-17(13-5-7-14(18)8-6-13)15-4-2-3-12-9-10-20-11-16(12)15/h2-11,17,19H,1H3. The van der Waals surface area contributed by atoms with Crippen molar-refractivity contribution in [2.75, 3.05) is 7.05 Å². The zero-order chi connectivity index (χ0) is 13.9. The van der Waals surface area contributed by atoms with Crippen molar-refractivity contribution in [2.45, 2.75) is 6.04 Å². The lowest BCUT2D eigenvalue weighted by atomic mass is 9.95. The number of hydrogen-bond donors (Lipinski definition) is 1. The molecule has 0 spiro atoms. The van der Waals surface area contributed by atoms with E-state index in [2.05, 4.69) is 68.7 Å². The smallest absolute Gasteiger partial charge is 0.0580 e. The highest BCUT2D eigenvalue weighted by molar-refractivity contribution is 9.10. The number of nitrogens with zero attached hydrogens (tertiary/aromatic N) is 1. The van der Waals surface area contributed by atoms with Gasteiger partial charge in [-0.3, -0.25) is 4.98 Å². The van der Waals surface area contributed by atoms with Gasteiger partial charge in [0.15, 0.2) is 0 Å². The van der Waals surface area contributed by atoms with Crippen molar-refractivity contribution in [1.82, 2.24) is 10.3 Å². The van der Waals surface area contributed by atoms with Gasteiger partial charge in [0, 0.05) is 22.3 Å². The van der Waals surface area contributed by atoms with E-state index in [1.807, 2.05) is 25.5 Å². The molecule has 0 aliphatic rings. The summed E-state index contributed by atoms with van der Waals surface area (Å²) in [6.07, 6.45) is 3.77. The Balaban J connectivity index is 2.14. The monoisotopic (exact) mass is 326 g/mol. The third kappa shape index (κ3) is 2.47. The fourth-order valence-corrected chi connectivity index (χ4v) is 2.81. The average molecular weight is 327 g/mol. The van der Waals surface area contributed by atoms with Gasteiger partial charge in [0.1, 0.15) is 0 Å². The first kappa shape index (κ1) is 13.3. The first-order chi connectivity index (χ1) is 9.79. The molecule has 0 fully saturated rings. The van der Waals surface area contributed by atoms with Gasteiger partial charge in [-0.25, -0.2) is 0 Å². The lowest BCUT2D eigenvalue weighted by Crippen LogP contribution is -2.17. The average Bonchev–Trinajstić information content (AvgIpc) is 2.50. The predicted octanol–water partition coefficient (Wildman–Crippen LogP) is 4.31. The molecule has 100 valence electrons. The summed E-state index contributed by atoms with van der Waals surface area (Å²) in [6.45, 7) is 0. The number of hydrogen-bond acceptors (Lipinski definition) is 2. The van der Waals surface area contributed by atoms with Crippen LogP contribution in [0.3, 0.4) is 0 Å². The normalized spacial score (nSPS) is 12.5. The molecule has 20 heavy (non-hydrogen) atoms. The number of nitrogens with one attached hydrogen (secondary N) is 1. The Hall–Kier alpha value is -1.71. The quantitative estimate of drug-likeness (QED) is 0.775. The molecule has 0 aliphatic heterocycles. The largest absolute Gasteiger partial charge is 0.309 e. The third-order valence-corrected chi connectivity index (χ3v) is 4.05. The van der Waals surface area contributed by atoms with Crippen molar-refractivity contribution < 1.29 is 0 Å². The van der Waals surface area contributed by atoms with E-state index in [0.717, 1.165) is 4.47 Å². The fraction of sp³-hybridized carbons (Fsp3) is 0.118. The van der Waals surface area contributed by atoms with Crippen LogP contribution in [0.5, 0.6) is 0 Å². The zero-order valence-corrected chi connectivity index (χ0v) is 12.8.